The highest BCUT2D eigenvalue weighted by molar-refractivity contribution is 5.03. The summed E-state index contributed by atoms with van der Waals surface area (Å²) in [6.45, 7) is 5.67. The molecule has 0 bridgehead atoms. The van der Waals surface area contributed by atoms with Crippen LogP contribution in [0.1, 0.15) is 31.2 Å². The number of rotatable bonds is 3. The zero-order valence-corrected chi connectivity index (χ0v) is 9.32. The normalized spacial score (nSPS) is 26.8. The fraction of sp³-hybridized carbons (Fsp3) is 0.727. The molecular weight excluding hydrogens is 192 g/mol. The Morgan fingerprint density at radius 1 is 1.60 bits per heavy atom. The topological polar surface area (TPSA) is 47.3 Å². The van der Waals surface area contributed by atoms with Crippen LogP contribution in [0.25, 0.3) is 0 Å². The summed E-state index contributed by atoms with van der Waals surface area (Å²) in [5.74, 6) is 0.868. The van der Waals surface area contributed by atoms with Gasteiger partial charge in [0.05, 0.1) is 11.8 Å². The minimum absolute atomic E-state index is 0.371. The molecule has 2 rings (SSSR count). The third-order valence-electron chi connectivity index (χ3n) is 2.73. The van der Waals surface area contributed by atoms with Gasteiger partial charge in [0, 0.05) is 25.3 Å². The molecule has 1 aliphatic rings. The first-order valence-corrected chi connectivity index (χ1v) is 5.51. The van der Waals surface area contributed by atoms with Crippen molar-refractivity contribution < 1.29 is 9.26 Å². The largest absolute Gasteiger partial charge is 0.378 e. The Morgan fingerprint density at radius 3 is 3.13 bits per heavy atom. The Balaban J connectivity index is 1.77. The van der Waals surface area contributed by atoms with Crippen molar-refractivity contribution in [2.24, 2.45) is 0 Å². The molecule has 1 fully saturated rings. The number of aryl methyl sites for hydroxylation is 1. The van der Waals surface area contributed by atoms with E-state index < -0.39 is 0 Å². The smallest absolute Gasteiger partial charge is 0.133 e. The molecule has 0 amide bonds. The lowest BCUT2D eigenvalue weighted by molar-refractivity contribution is 0.0129. The molecule has 4 heteroatoms. The molecule has 4 nitrogen and oxygen atoms in total. The minimum atomic E-state index is 0.371. The van der Waals surface area contributed by atoms with Gasteiger partial charge in [-0.05, 0) is 26.7 Å². The van der Waals surface area contributed by atoms with Gasteiger partial charge in [-0.1, -0.05) is 5.16 Å². The lowest BCUT2D eigenvalue weighted by atomic mass is 10.0. The van der Waals surface area contributed by atoms with Gasteiger partial charge in [0.1, 0.15) is 5.76 Å². The van der Waals surface area contributed by atoms with Crippen LogP contribution < -0.4 is 5.32 Å². The zero-order chi connectivity index (χ0) is 10.7. The minimum Gasteiger partial charge on any atom is -0.378 e. The summed E-state index contributed by atoms with van der Waals surface area (Å²) in [7, 11) is 0. The van der Waals surface area contributed by atoms with Crippen molar-refractivity contribution in [2.45, 2.75) is 45.4 Å². The summed E-state index contributed by atoms with van der Waals surface area (Å²) in [5, 5.41) is 7.43. The summed E-state index contributed by atoms with van der Waals surface area (Å²) in [4.78, 5) is 0. The number of nitrogens with one attached hydrogen (secondary N) is 1. The Kier molecular flexibility index (Phi) is 3.38. The van der Waals surface area contributed by atoms with Crippen LogP contribution in [0.5, 0.6) is 0 Å². The van der Waals surface area contributed by atoms with Gasteiger partial charge in [-0.3, -0.25) is 0 Å². The van der Waals surface area contributed by atoms with E-state index >= 15 is 0 Å². The van der Waals surface area contributed by atoms with Crippen molar-refractivity contribution in [3.05, 3.63) is 17.5 Å². The SMILES string of the molecule is Cc1cc(CNC2CCOC(C)C2)no1. The number of hydrogen-bond donors (Lipinski definition) is 1. The van der Waals surface area contributed by atoms with Crippen LogP contribution in [0.2, 0.25) is 0 Å². The van der Waals surface area contributed by atoms with Crippen LogP contribution in [0, 0.1) is 6.92 Å². The molecule has 2 atom stereocenters. The molecule has 1 aromatic heterocycles. The Bertz CT molecular complexity index is 311. The van der Waals surface area contributed by atoms with Crippen LogP contribution in [0.3, 0.4) is 0 Å². The molecular formula is C11H18N2O2. The third-order valence-corrected chi connectivity index (χ3v) is 2.73. The van der Waals surface area contributed by atoms with Crippen molar-refractivity contribution in [1.82, 2.24) is 10.5 Å². The van der Waals surface area contributed by atoms with Crippen molar-refractivity contribution >= 4 is 0 Å². The molecule has 1 aromatic rings. The van der Waals surface area contributed by atoms with E-state index in [1.807, 2.05) is 13.0 Å². The van der Waals surface area contributed by atoms with Gasteiger partial charge >= 0.3 is 0 Å². The monoisotopic (exact) mass is 210 g/mol. The fourth-order valence-electron chi connectivity index (χ4n) is 1.93. The lowest BCUT2D eigenvalue weighted by Crippen LogP contribution is -2.37. The average molecular weight is 210 g/mol. The van der Waals surface area contributed by atoms with Gasteiger partial charge in [0.2, 0.25) is 0 Å². The van der Waals surface area contributed by atoms with E-state index in [0.717, 1.165) is 37.4 Å². The quantitative estimate of drug-likeness (QED) is 0.824. The number of ether oxygens (including phenoxy) is 1. The van der Waals surface area contributed by atoms with Gasteiger partial charge in [-0.25, -0.2) is 0 Å². The first kappa shape index (κ1) is 10.6. The summed E-state index contributed by atoms with van der Waals surface area (Å²) >= 11 is 0. The van der Waals surface area contributed by atoms with Crippen molar-refractivity contribution in [3.63, 3.8) is 0 Å². The van der Waals surface area contributed by atoms with E-state index in [9.17, 15) is 0 Å². The summed E-state index contributed by atoms with van der Waals surface area (Å²) < 4.78 is 10.5. The molecule has 84 valence electrons. The van der Waals surface area contributed by atoms with E-state index in [2.05, 4.69) is 17.4 Å². The molecule has 2 heterocycles. The van der Waals surface area contributed by atoms with E-state index in [0.29, 0.717) is 12.1 Å². The molecule has 0 spiro atoms. The standard InChI is InChI=1S/C11H18N2O2/c1-8-5-10(3-4-14-8)12-7-11-6-9(2)15-13-11/h6,8,10,12H,3-5,7H2,1-2H3. The van der Waals surface area contributed by atoms with Crippen LogP contribution in [-0.4, -0.2) is 23.9 Å². The third kappa shape index (κ3) is 3.04. The maximum absolute atomic E-state index is 5.49. The van der Waals surface area contributed by atoms with E-state index in [-0.39, 0.29) is 0 Å². The predicted molar refractivity (Wildman–Crippen MR) is 56.5 cm³/mol. The van der Waals surface area contributed by atoms with Crippen molar-refractivity contribution in [1.29, 1.82) is 0 Å². The second-order valence-electron chi connectivity index (χ2n) is 4.21. The van der Waals surface area contributed by atoms with E-state index in [4.69, 9.17) is 9.26 Å². The number of aromatic nitrogens is 1. The van der Waals surface area contributed by atoms with Crippen LogP contribution in [0.4, 0.5) is 0 Å². The second kappa shape index (κ2) is 4.77. The first-order valence-electron chi connectivity index (χ1n) is 5.51. The zero-order valence-electron chi connectivity index (χ0n) is 9.32. The van der Waals surface area contributed by atoms with Crippen LogP contribution in [0.15, 0.2) is 10.6 Å². The molecule has 1 N–H and O–H groups in total. The summed E-state index contributed by atoms with van der Waals surface area (Å²) in [6.07, 6.45) is 2.54. The molecule has 15 heavy (non-hydrogen) atoms. The summed E-state index contributed by atoms with van der Waals surface area (Å²) in [5.41, 5.74) is 0.978. The predicted octanol–water partition coefficient (Wildman–Crippen LogP) is 1.64. The van der Waals surface area contributed by atoms with Gasteiger partial charge in [-0.15, -0.1) is 0 Å². The highest BCUT2D eigenvalue weighted by Gasteiger charge is 2.18. The highest BCUT2D eigenvalue weighted by atomic mass is 16.5. The first-order chi connectivity index (χ1) is 7.24. The van der Waals surface area contributed by atoms with Gasteiger partial charge in [0.15, 0.2) is 0 Å². The molecule has 1 saturated heterocycles. The molecule has 0 aromatic carbocycles. The second-order valence-corrected chi connectivity index (χ2v) is 4.21. The van der Waals surface area contributed by atoms with E-state index in [1.54, 1.807) is 0 Å². The maximum Gasteiger partial charge on any atom is 0.133 e. The summed E-state index contributed by atoms with van der Waals surface area (Å²) in [6, 6.07) is 2.52. The number of nitrogens with zero attached hydrogens (tertiary/aromatic N) is 1. The van der Waals surface area contributed by atoms with Gasteiger partial charge in [-0.2, -0.15) is 0 Å². The molecule has 0 radical (unpaired) electrons. The van der Waals surface area contributed by atoms with Crippen LogP contribution >= 0.6 is 0 Å². The van der Waals surface area contributed by atoms with Gasteiger partial charge in [0.25, 0.3) is 0 Å². The molecule has 1 aliphatic heterocycles. The maximum atomic E-state index is 5.49. The highest BCUT2D eigenvalue weighted by Crippen LogP contribution is 2.13. The van der Waals surface area contributed by atoms with Crippen molar-refractivity contribution in [3.8, 4) is 0 Å². The Morgan fingerprint density at radius 2 is 2.47 bits per heavy atom. The lowest BCUT2D eigenvalue weighted by Gasteiger charge is -2.27. The van der Waals surface area contributed by atoms with E-state index in [1.165, 1.54) is 0 Å². The average Bonchev–Trinajstić information content (AvgIpc) is 2.62. The van der Waals surface area contributed by atoms with Crippen LogP contribution in [-0.2, 0) is 11.3 Å². The molecule has 0 aliphatic carbocycles. The Hall–Kier alpha value is -0.870. The molecule has 2 unspecified atom stereocenters. The Labute approximate surface area is 90.0 Å². The van der Waals surface area contributed by atoms with Crippen molar-refractivity contribution in [2.75, 3.05) is 6.61 Å². The number of hydrogen-bond acceptors (Lipinski definition) is 4. The molecule has 0 saturated carbocycles. The fourth-order valence-corrected chi connectivity index (χ4v) is 1.93. The van der Waals surface area contributed by atoms with Gasteiger partial charge < -0.3 is 14.6 Å².